The van der Waals surface area contributed by atoms with Crippen LogP contribution in [-0.4, -0.2) is 24.6 Å². The second kappa shape index (κ2) is 9.52. The number of alkyl halides is 2. The number of carbonyl (C=O) groups is 1. The molecule has 3 aromatic rings. The Hall–Kier alpha value is -2.65. The lowest BCUT2D eigenvalue weighted by Crippen LogP contribution is -2.13. The number of thioether (sulfide) groups is 1. The fraction of sp³-hybridized carbons (Fsp3) is 0.158. The highest BCUT2D eigenvalue weighted by Crippen LogP contribution is 2.32. The summed E-state index contributed by atoms with van der Waals surface area (Å²) in [6.07, 6.45) is 0. The molecule has 0 aliphatic carbocycles. The number of hydrogen-bond acceptors (Lipinski definition) is 6. The first-order valence-electron chi connectivity index (χ1n) is 8.10. The van der Waals surface area contributed by atoms with Gasteiger partial charge in [-0.3, -0.25) is 4.79 Å². The van der Waals surface area contributed by atoms with Gasteiger partial charge < -0.3 is 14.8 Å². The van der Waals surface area contributed by atoms with E-state index in [4.69, 9.17) is 4.74 Å². The van der Waals surface area contributed by atoms with Crippen molar-refractivity contribution in [2.45, 2.75) is 17.3 Å². The van der Waals surface area contributed by atoms with Crippen LogP contribution in [0.1, 0.15) is 16.1 Å². The predicted molar refractivity (Wildman–Crippen MR) is 106 cm³/mol. The number of benzene rings is 2. The van der Waals surface area contributed by atoms with Crippen LogP contribution in [0.25, 0.3) is 0 Å². The van der Waals surface area contributed by atoms with Crippen LogP contribution in [0.4, 0.5) is 14.5 Å². The maximum Gasteiger partial charge on any atom is 0.387 e. The van der Waals surface area contributed by atoms with E-state index in [9.17, 15) is 13.6 Å². The Morgan fingerprint density at radius 1 is 1.25 bits per heavy atom. The molecule has 1 N–H and O–H groups in total. The zero-order valence-corrected chi connectivity index (χ0v) is 16.4. The molecule has 2 aromatic carbocycles. The number of hydrogen-bond donors (Lipinski definition) is 1. The van der Waals surface area contributed by atoms with Crippen molar-refractivity contribution in [3.8, 4) is 11.5 Å². The summed E-state index contributed by atoms with van der Waals surface area (Å²) in [6.45, 7) is -3.00. The Morgan fingerprint density at radius 3 is 2.79 bits per heavy atom. The Morgan fingerprint density at radius 2 is 2.07 bits per heavy atom. The molecule has 0 unspecified atom stereocenters. The largest absolute Gasteiger partial charge is 0.493 e. The summed E-state index contributed by atoms with van der Waals surface area (Å²) < 4.78 is 34.6. The van der Waals surface area contributed by atoms with Crippen molar-refractivity contribution in [2.24, 2.45) is 0 Å². The molecule has 9 heteroatoms. The summed E-state index contributed by atoms with van der Waals surface area (Å²) in [5.74, 6) is 0.288. The normalized spacial score (nSPS) is 10.7. The third-order valence-electron chi connectivity index (χ3n) is 3.63. The van der Waals surface area contributed by atoms with Crippen molar-refractivity contribution in [3.05, 3.63) is 64.6 Å². The zero-order chi connectivity index (χ0) is 19.9. The van der Waals surface area contributed by atoms with Crippen molar-refractivity contribution in [1.29, 1.82) is 0 Å². The number of carbonyl (C=O) groups excluding carboxylic acids is 1. The number of nitrogens with zero attached hydrogens (tertiary/aromatic N) is 1. The third kappa shape index (κ3) is 5.20. The second-order valence-electron chi connectivity index (χ2n) is 5.46. The molecule has 0 saturated heterocycles. The Balaban J connectivity index is 1.76. The second-order valence-corrected chi connectivity index (χ2v) is 7.20. The lowest BCUT2D eigenvalue weighted by Gasteiger charge is -2.13. The monoisotopic (exact) mass is 422 g/mol. The number of ether oxygens (including phenoxy) is 2. The molecule has 0 atom stereocenters. The molecule has 1 amide bonds. The quantitative estimate of drug-likeness (QED) is 0.500. The van der Waals surface area contributed by atoms with Crippen molar-refractivity contribution in [1.82, 2.24) is 4.98 Å². The molecule has 0 spiro atoms. The lowest BCUT2D eigenvalue weighted by molar-refractivity contribution is -0.0511. The molecule has 0 aliphatic rings. The average molecular weight is 422 g/mol. The molecular formula is C19H16F2N2O3S2. The SMILES string of the molecule is COc1ccc(NC(=O)c2ccccc2SCc2cscn2)cc1OC(F)F. The molecule has 28 heavy (non-hydrogen) atoms. The minimum atomic E-state index is -3.00. The summed E-state index contributed by atoms with van der Waals surface area (Å²) in [4.78, 5) is 17.8. The highest BCUT2D eigenvalue weighted by molar-refractivity contribution is 7.98. The van der Waals surface area contributed by atoms with Crippen LogP contribution in [0.3, 0.4) is 0 Å². The van der Waals surface area contributed by atoms with E-state index in [2.05, 4.69) is 15.0 Å². The van der Waals surface area contributed by atoms with Gasteiger partial charge in [0.1, 0.15) is 0 Å². The Labute approximate surface area is 168 Å². The van der Waals surface area contributed by atoms with E-state index in [1.165, 1.54) is 42.3 Å². The van der Waals surface area contributed by atoms with Gasteiger partial charge in [0.05, 0.1) is 23.9 Å². The summed E-state index contributed by atoms with van der Waals surface area (Å²) in [5, 5.41) is 4.67. The minimum absolute atomic E-state index is 0.150. The molecule has 0 bridgehead atoms. The van der Waals surface area contributed by atoms with Gasteiger partial charge in [-0.05, 0) is 24.3 Å². The van der Waals surface area contributed by atoms with Gasteiger partial charge in [0, 0.05) is 27.8 Å². The van der Waals surface area contributed by atoms with Gasteiger partial charge in [0.2, 0.25) is 0 Å². The van der Waals surface area contributed by atoms with Crippen LogP contribution < -0.4 is 14.8 Å². The highest BCUT2D eigenvalue weighted by Gasteiger charge is 2.15. The van der Waals surface area contributed by atoms with E-state index in [1.807, 2.05) is 17.5 Å². The van der Waals surface area contributed by atoms with Crippen LogP contribution in [0.15, 0.2) is 58.3 Å². The van der Waals surface area contributed by atoms with Crippen molar-refractivity contribution < 1.29 is 23.0 Å². The molecule has 0 saturated carbocycles. The highest BCUT2D eigenvalue weighted by atomic mass is 32.2. The number of halogens is 2. The predicted octanol–water partition coefficient (Wildman–Crippen LogP) is 5.30. The number of anilines is 1. The van der Waals surface area contributed by atoms with Gasteiger partial charge >= 0.3 is 6.61 Å². The van der Waals surface area contributed by atoms with E-state index in [-0.39, 0.29) is 17.4 Å². The van der Waals surface area contributed by atoms with Gasteiger partial charge in [0.25, 0.3) is 5.91 Å². The molecule has 1 heterocycles. The fourth-order valence-corrected chi connectivity index (χ4v) is 4.00. The van der Waals surface area contributed by atoms with E-state index < -0.39 is 6.61 Å². The van der Waals surface area contributed by atoms with Crippen LogP contribution in [-0.2, 0) is 5.75 Å². The van der Waals surface area contributed by atoms with Gasteiger partial charge in [0.15, 0.2) is 11.5 Å². The maximum absolute atomic E-state index is 12.7. The Bertz CT molecular complexity index is 937. The first kappa shape index (κ1) is 20.1. The van der Waals surface area contributed by atoms with Crippen molar-refractivity contribution >= 4 is 34.7 Å². The molecular weight excluding hydrogens is 406 g/mol. The molecule has 1 aromatic heterocycles. The van der Waals surface area contributed by atoms with Crippen LogP contribution in [0, 0.1) is 0 Å². The van der Waals surface area contributed by atoms with E-state index in [0.717, 1.165) is 10.6 Å². The molecule has 146 valence electrons. The number of rotatable bonds is 8. The number of amides is 1. The minimum Gasteiger partial charge on any atom is -0.493 e. The molecule has 5 nitrogen and oxygen atoms in total. The summed E-state index contributed by atoms with van der Waals surface area (Å²) in [7, 11) is 1.35. The molecule has 3 rings (SSSR count). The topological polar surface area (TPSA) is 60.5 Å². The van der Waals surface area contributed by atoms with Crippen LogP contribution in [0.5, 0.6) is 11.5 Å². The zero-order valence-electron chi connectivity index (χ0n) is 14.7. The third-order valence-corrected chi connectivity index (χ3v) is 5.37. The van der Waals surface area contributed by atoms with Gasteiger partial charge in [-0.15, -0.1) is 23.1 Å². The fourth-order valence-electron chi connectivity index (χ4n) is 2.38. The molecule has 0 radical (unpaired) electrons. The number of aromatic nitrogens is 1. The first-order valence-corrected chi connectivity index (χ1v) is 10.0. The van der Waals surface area contributed by atoms with Crippen molar-refractivity contribution in [2.75, 3.05) is 12.4 Å². The van der Waals surface area contributed by atoms with E-state index in [1.54, 1.807) is 23.7 Å². The van der Waals surface area contributed by atoms with Gasteiger partial charge in [-0.2, -0.15) is 8.78 Å². The summed E-state index contributed by atoms with van der Waals surface area (Å²) in [6, 6.07) is 11.5. The summed E-state index contributed by atoms with van der Waals surface area (Å²) in [5.41, 5.74) is 3.50. The average Bonchev–Trinajstić information content (AvgIpc) is 3.20. The summed E-state index contributed by atoms with van der Waals surface area (Å²) >= 11 is 3.02. The maximum atomic E-state index is 12.7. The molecule has 0 fully saturated rings. The number of methoxy groups -OCH3 is 1. The van der Waals surface area contributed by atoms with Gasteiger partial charge in [-0.1, -0.05) is 12.1 Å². The first-order chi connectivity index (χ1) is 13.6. The van der Waals surface area contributed by atoms with Crippen molar-refractivity contribution in [3.63, 3.8) is 0 Å². The Kier molecular flexibility index (Phi) is 6.83. The number of thiazole rings is 1. The van der Waals surface area contributed by atoms with E-state index in [0.29, 0.717) is 17.0 Å². The van der Waals surface area contributed by atoms with Gasteiger partial charge in [-0.25, -0.2) is 4.98 Å². The standard InChI is InChI=1S/C19H16F2N2O3S2/c1-25-15-7-6-12(8-16(15)26-19(20)21)23-18(24)14-4-2-3-5-17(14)28-10-13-9-27-11-22-13/h2-9,11,19H,10H2,1H3,(H,23,24). The molecule has 0 aliphatic heterocycles. The van der Waals surface area contributed by atoms with Crippen LogP contribution in [0.2, 0.25) is 0 Å². The van der Waals surface area contributed by atoms with Crippen LogP contribution >= 0.6 is 23.1 Å². The smallest absolute Gasteiger partial charge is 0.387 e. The lowest BCUT2D eigenvalue weighted by atomic mass is 10.2. The number of nitrogens with one attached hydrogen (secondary N) is 1. The van der Waals surface area contributed by atoms with E-state index >= 15 is 0 Å².